The zero-order valence-electron chi connectivity index (χ0n) is 18.5. The molecule has 168 valence electrons. The maximum Gasteiger partial charge on any atom is 0.324 e. The van der Waals surface area contributed by atoms with Crippen LogP contribution in [0.4, 0.5) is 16.3 Å². The van der Waals surface area contributed by atoms with E-state index >= 15 is 0 Å². The molecule has 2 amide bonds. The van der Waals surface area contributed by atoms with Gasteiger partial charge in [-0.3, -0.25) is 5.32 Å². The topological polar surface area (TPSA) is 86.6 Å². The van der Waals surface area contributed by atoms with Gasteiger partial charge in [-0.1, -0.05) is 30.3 Å². The Morgan fingerprint density at radius 1 is 0.788 bits per heavy atom. The molecule has 4 aromatic rings. The zero-order chi connectivity index (χ0) is 23.2. The van der Waals surface area contributed by atoms with E-state index in [9.17, 15) is 4.79 Å². The van der Waals surface area contributed by atoms with Crippen molar-refractivity contribution in [1.82, 2.24) is 9.78 Å². The van der Waals surface area contributed by atoms with Crippen molar-refractivity contribution in [3.63, 3.8) is 0 Å². The van der Waals surface area contributed by atoms with Gasteiger partial charge < -0.3 is 19.5 Å². The summed E-state index contributed by atoms with van der Waals surface area (Å²) in [6.07, 6.45) is 0. The fourth-order valence-electron chi connectivity index (χ4n) is 3.31. The highest BCUT2D eigenvalue weighted by Gasteiger charge is 2.15. The number of carbonyl (C=O) groups is 1. The Hall–Kier alpha value is -4.46. The predicted octanol–water partition coefficient (Wildman–Crippen LogP) is 5.21. The Morgan fingerprint density at radius 2 is 1.48 bits per heavy atom. The van der Waals surface area contributed by atoms with Crippen LogP contribution in [-0.2, 0) is 0 Å². The van der Waals surface area contributed by atoms with Gasteiger partial charge in [0.2, 0.25) is 0 Å². The Morgan fingerprint density at radius 3 is 2.15 bits per heavy atom. The minimum atomic E-state index is -0.437. The minimum Gasteiger partial charge on any atom is -0.497 e. The van der Waals surface area contributed by atoms with Crippen LogP contribution in [0.5, 0.6) is 17.2 Å². The van der Waals surface area contributed by atoms with E-state index in [4.69, 9.17) is 19.3 Å². The van der Waals surface area contributed by atoms with Gasteiger partial charge in [-0.2, -0.15) is 5.10 Å². The number of carbonyl (C=O) groups excluding carboxylic acids is 1. The molecule has 0 unspecified atom stereocenters. The molecule has 4 rings (SSSR count). The van der Waals surface area contributed by atoms with E-state index in [0.717, 1.165) is 22.7 Å². The Balaban J connectivity index is 1.64. The number of nitrogens with zero attached hydrogens (tertiary/aromatic N) is 2. The van der Waals surface area contributed by atoms with Crippen LogP contribution in [0.25, 0.3) is 16.9 Å². The minimum absolute atomic E-state index is 0.437. The van der Waals surface area contributed by atoms with E-state index in [2.05, 4.69) is 10.6 Å². The third-order valence-corrected chi connectivity index (χ3v) is 4.99. The zero-order valence-corrected chi connectivity index (χ0v) is 18.5. The number of anilines is 2. The fourth-order valence-corrected chi connectivity index (χ4v) is 3.31. The van der Waals surface area contributed by atoms with Gasteiger partial charge in [-0.25, -0.2) is 9.48 Å². The summed E-state index contributed by atoms with van der Waals surface area (Å²) in [5, 5.41) is 10.4. The summed E-state index contributed by atoms with van der Waals surface area (Å²) in [6, 6.07) is 23.7. The number of methoxy groups -OCH3 is 3. The van der Waals surface area contributed by atoms with Gasteiger partial charge in [0.05, 0.1) is 38.4 Å². The quantitative estimate of drug-likeness (QED) is 0.409. The van der Waals surface area contributed by atoms with Crippen LogP contribution in [0.1, 0.15) is 0 Å². The number of hydrogen-bond acceptors (Lipinski definition) is 5. The van der Waals surface area contributed by atoms with Crippen molar-refractivity contribution in [2.75, 3.05) is 32.0 Å². The molecule has 0 aliphatic carbocycles. The lowest BCUT2D eigenvalue weighted by atomic mass is 10.2. The van der Waals surface area contributed by atoms with Crippen LogP contribution in [0.2, 0.25) is 0 Å². The Labute approximate surface area is 191 Å². The highest BCUT2D eigenvalue weighted by Crippen LogP contribution is 2.30. The first-order valence-corrected chi connectivity index (χ1v) is 10.2. The number of rotatable bonds is 7. The summed E-state index contributed by atoms with van der Waals surface area (Å²) >= 11 is 0. The van der Waals surface area contributed by atoms with Crippen LogP contribution in [0, 0.1) is 0 Å². The summed E-state index contributed by atoms with van der Waals surface area (Å²) < 4.78 is 17.5. The second-order valence-electron chi connectivity index (χ2n) is 7.04. The van der Waals surface area contributed by atoms with Crippen molar-refractivity contribution in [3.05, 3.63) is 78.9 Å². The van der Waals surface area contributed by atoms with Gasteiger partial charge in [0.1, 0.15) is 23.1 Å². The van der Waals surface area contributed by atoms with Crippen molar-refractivity contribution in [2.24, 2.45) is 0 Å². The van der Waals surface area contributed by atoms with Gasteiger partial charge in [0.15, 0.2) is 0 Å². The molecule has 8 heteroatoms. The molecule has 0 saturated heterocycles. The standard InChI is InChI=1S/C25H24N4O4/c1-31-19-11-9-18(10-12-19)29-24(16-22(28-29)17-7-5-4-6-8-17)27-25(30)26-21-14-13-20(32-2)15-23(21)33-3/h4-16H,1-3H3,(H2,26,27,30). The van der Waals surface area contributed by atoms with E-state index in [-0.39, 0.29) is 0 Å². The summed E-state index contributed by atoms with van der Waals surface area (Å²) in [5.74, 6) is 2.35. The predicted molar refractivity (Wildman–Crippen MR) is 128 cm³/mol. The summed E-state index contributed by atoms with van der Waals surface area (Å²) in [4.78, 5) is 12.9. The van der Waals surface area contributed by atoms with Gasteiger partial charge in [-0.05, 0) is 36.4 Å². The van der Waals surface area contributed by atoms with Gasteiger partial charge in [-0.15, -0.1) is 0 Å². The highest BCUT2D eigenvalue weighted by molar-refractivity contribution is 6.00. The Bertz CT molecular complexity index is 1240. The van der Waals surface area contributed by atoms with Crippen molar-refractivity contribution >= 4 is 17.5 Å². The summed E-state index contributed by atoms with van der Waals surface area (Å²) in [6.45, 7) is 0. The first-order chi connectivity index (χ1) is 16.1. The fraction of sp³-hybridized carbons (Fsp3) is 0.120. The molecule has 0 atom stereocenters. The third-order valence-electron chi connectivity index (χ3n) is 4.99. The average Bonchev–Trinajstić information content (AvgIpc) is 3.28. The molecule has 1 heterocycles. The third kappa shape index (κ3) is 4.90. The highest BCUT2D eigenvalue weighted by atomic mass is 16.5. The molecular formula is C25H24N4O4. The normalized spacial score (nSPS) is 10.4. The molecule has 0 saturated carbocycles. The number of urea groups is 1. The van der Waals surface area contributed by atoms with E-state index in [0.29, 0.717) is 23.0 Å². The SMILES string of the molecule is COc1ccc(-n2nc(-c3ccccc3)cc2NC(=O)Nc2ccc(OC)cc2OC)cc1. The number of hydrogen-bond donors (Lipinski definition) is 2. The second-order valence-corrected chi connectivity index (χ2v) is 7.04. The lowest BCUT2D eigenvalue weighted by molar-refractivity contribution is 0.262. The maximum atomic E-state index is 12.9. The number of benzene rings is 3. The van der Waals surface area contributed by atoms with Crippen LogP contribution in [-0.4, -0.2) is 37.1 Å². The van der Waals surface area contributed by atoms with Gasteiger partial charge in [0, 0.05) is 17.7 Å². The van der Waals surface area contributed by atoms with Gasteiger partial charge in [0.25, 0.3) is 0 Å². The van der Waals surface area contributed by atoms with Crippen molar-refractivity contribution in [3.8, 4) is 34.2 Å². The molecule has 33 heavy (non-hydrogen) atoms. The molecular weight excluding hydrogens is 420 g/mol. The maximum absolute atomic E-state index is 12.9. The number of ether oxygens (including phenoxy) is 3. The molecule has 3 aromatic carbocycles. The molecule has 0 bridgehead atoms. The van der Waals surface area contributed by atoms with E-state index in [1.165, 1.54) is 7.11 Å². The van der Waals surface area contributed by atoms with Crippen LogP contribution in [0.3, 0.4) is 0 Å². The molecule has 1 aromatic heterocycles. The summed E-state index contributed by atoms with van der Waals surface area (Å²) in [7, 11) is 4.71. The van der Waals surface area contributed by atoms with E-state index < -0.39 is 6.03 Å². The van der Waals surface area contributed by atoms with Crippen molar-refractivity contribution < 1.29 is 19.0 Å². The molecule has 2 N–H and O–H groups in total. The lowest BCUT2D eigenvalue weighted by Crippen LogP contribution is -2.21. The second kappa shape index (κ2) is 9.78. The Kier molecular flexibility index (Phi) is 6.45. The van der Waals surface area contributed by atoms with Gasteiger partial charge >= 0.3 is 6.03 Å². The van der Waals surface area contributed by atoms with Crippen molar-refractivity contribution in [1.29, 1.82) is 0 Å². The van der Waals surface area contributed by atoms with Crippen molar-refractivity contribution in [2.45, 2.75) is 0 Å². The van der Waals surface area contributed by atoms with E-state index in [1.807, 2.05) is 60.7 Å². The smallest absolute Gasteiger partial charge is 0.324 e. The first kappa shape index (κ1) is 21.8. The number of nitrogens with one attached hydrogen (secondary N) is 2. The average molecular weight is 444 g/mol. The lowest BCUT2D eigenvalue weighted by Gasteiger charge is -2.13. The number of amides is 2. The molecule has 0 fully saturated rings. The van der Waals surface area contributed by atoms with Crippen LogP contribution in [0.15, 0.2) is 78.9 Å². The monoisotopic (exact) mass is 444 g/mol. The molecule has 0 aliphatic heterocycles. The number of aromatic nitrogens is 2. The summed E-state index contributed by atoms with van der Waals surface area (Å²) in [5.41, 5.74) is 2.94. The molecule has 0 aliphatic rings. The first-order valence-electron chi connectivity index (χ1n) is 10.2. The molecule has 0 spiro atoms. The molecule has 0 radical (unpaired) electrons. The molecule has 8 nitrogen and oxygen atoms in total. The van der Waals surface area contributed by atoms with E-state index in [1.54, 1.807) is 37.1 Å². The van der Waals surface area contributed by atoms with Crippen LogP contribution >= 0.6 is 0 Å². The van der Waals surface area contributed by atoms with Crippen LogP contribution < -0.4 is 24.8 Å². The largest absolute Gasteiger partial charge is 0.497 e.